The van der Waals surface area contributed by atoms with E-state index in [1.165, 1.54) is 11.8 Å². The standard InChI is InChI=1S/C19H20N4O4S/c1-22(10-13-11-26-14-6-3-4-7-15(14)27-13)17(24)12-28-19-21-20-18(23(19)2)16-8-5-9-25-16/h3-9,13H,10-12H2,1-2H3/t13-/m1/s1. The number of thioether (sulfide) groups is 1. The van der Waals surface area contributed by atoms with Gasteiger partial charge in [0, 0.05) is 14.1 Å². The lowest BCUT2D eigenvalue weighted by molar-refractivity contribution is -0.128. The molecule has 0 aliphatic carbocycles. The average molecular weight is 400 g/mol. The van der Waals surface area contributed by atoms with Crippen molar-refractivity contribution in [2.75, 3.05) is 26.0 Å². The molecule has 2 aromatic heterocycles. The first kappa shape index (κ1) is 18.4. The Morgan fingerprint density at radius 1 is 1.25 bits per heavy atom. The van der Waals surface area contributed by atoms with Gasteiger partial charge in [0.25, 0.3) is 0 Å². The molecule has 1 amide bonds. The number of carbonyl (C=O) groups excluding carboxylic acids is 1. The Kier molecular flexibility index (Phi) is 5.25. The summed E-state index contributed by atoms with van der Waals surface area (Å²) in [7, 11) is 3.61. The lowest BCUT2D eigenvalue weighted by Crippen LogP contribution is -2.42. The third kappa shape index (κ3) is 3.84. The van der Waals surface area contributed by atoms with Crippen LogP contribution in [0.1, 0.15) is 0 Å². The summed E-state index contributed by atoms with van der Waals surface area (Å²) in [5.74, 6) is 2.94. The van der Waals surface area contributed by atoms with Crippen molar-refractivity contribution in [1.29, 1.82) is 0 Å². The number of nitrogens with zero attached hydrogens (tertiary/aromatic N) is 4. The van der Waals surface area contributed by atoms with Crippen molar-refractivity contribution in [2.24, 2.45) is 7.05 Å². The van der Waals surface area contributed by atoms with Crippen LogP contribution in [0.5, 0.6) is 11.5 Å². The molecule has 0 fully saturated rings. The number of fused-ring (bicyclic) bond motifs is 1. The number of hydrogen-bond donors (Lipinski definition) is 0. The quantitative estimate of drug-likeness (QED) is 0.588. The Morgan fingerprint density at radius 2 is 2.07 bits per heavy atom. The number of carbonyl (C=O) groups is 1. The van der Waals surface area contributed by atoms with Crippen molar-refractivity contribution < 1.29 is 18.7 Å². The molecule has 0 saturated heterocycles. The van der Waals surface area contributed by atoms with Crippen LogP contribution in [-0.2, 0) is 11.8 Å². The molecule has 1 atom stereocenters. The van der Waals surface area contributed by atoms with Gasteiger partial charge in [0.1, 0.15) is 6.61 Å². The highest BCUT2D eigenvalue weighted by Gasteiger charge is 2.24. The van der Waals surface area contributed by atoms with Crippen molar-refractivity contribution in [3.05, 3.63) is 42.7 Å². The van der Waals surface area contributed by atoms with Crippen LogP contribution in [-0.4, -0.2) is 57.6 Å². The summed E-state index contributed by atoms with van der Waals surface area (Å²) in [6, 6.07) is 11.2. The first-order valence-corrected chi connectivity index (χ1v) is 9.79. The summed E-state index contributed by atoms with van der Waals surface area (Å²) in [6.07, 6.45) is 1.39. The number of amides is 1. The Bertz CT molecular complexity index is 957. The molecule has 8 nitrogen and oxygen atoms in total. The molecule has 3 heterocycles. The van der Waals surface area contributed by atoms with Gasteiger partial charge in [0.15, 0.2) is 34.3 Å². The zero-order chi connectivity index (χ0) is 19.5. The topological polar surface area (TPSA) is 82.6 Å². The molecule has 3 aromatic rings. The SMILES string of the molecule is CN(C[C@@H]1COc2ccccc2O1)C(=O)CSc1nnc(-c2ccco2)n1C. The fraction of sp³-hybridized carbons (Fsp3) is 0.316. The normalized spacial score (nSPS) is 15.4. The third-order valence-corrected chi connectivity index (χ3v) is 5.38. The van der Waals surface area contributed by atoms with Crippen LogP contribution in [0.3, 0.4) is 0 Å². The van der Waals surface area contributed by atoms with E-state index in [2.05, 4.69) is 10.2 Å². The van der Waals surface area contributed by atoms with E-state index in [4.69, 9.17) is 13.9 Å². The van der Waals surface area contributed by atoms with Crippen LogP contribution in [0.25, 0.3) is 11.6 Å². The van der Waals surface area contributed by atoms with E-state index in [-0.39, 0.29) is 17.8 Å². The van der Waals surface area contributed by atoms with Gasteiger partial charge in [-0.1, -0.05) is 23.9 Å². The largest absolute Gasteiger partial charge is 0.486 e. The number of ether oxygens (including phenoxy) is 2. The lowest BCUT2D eigenvalue weighted by atomic mass is 10.2. The van der Waals surface area contributed by atoms with E-state index in [0.29, 0.717) is 35.6 Å². The number of benzene rings is 1. The number of aromatic nitrogens is 3. The van der Waals surface area contributed by atoms with Gasteiger partial charge in [-0.2, -0.15) is 0 Å². The van der Waals surface area contributed by atoms with Crippen LogP contribution >= 0.6 is 11.8 Å². The maximum Gasteiger partial charge on any atom is 0.232 e. The average Bonchev–Trinajstić information content (AvgIpc) is 3.35. The van der Waals surface area contributed by atoms with Crippen molar-refractivity contribution in [1.82, 2.24) is 19.7 Å². The van der Waals surface area contributed by atoms with E-state index in [1.807, 2.05) is 41.9 Å². The van der Waals surface area contributed by atoms with Crippen molar-refractivity contribution in [2.45, 2.75) is 11.3 Å². The second-order valence-corrected chi connectivity index (χ2v) is 7.35. The molecule has 4 rings (SSSR count). The van der Waals surface area contributed by atoms with Gasteiger partial charge in [-0.05, 0) is 24.3 Å². The van der Waals surface area contributed by atoms with Crippen LogP contribution in [0.15, 0.2) is 52.2 Å². The summed E-state index contributed by atoms with van der Waals surface area (Å²) in [6.45, 7) is 0.863. The molecule has 0 spiro atoms. The summed E-state index contributed by atoms with van der Waals surface area (Å²) < 4.78 is 18.8. The van der Waals surface area contributed by atoms with E-state index >= 15 is 0 Å². The van der Waals surface area contributed by atoms with Gasteiger partial charge in [0.05, 0.1) is 18.6 Å². The number of para-hydroxylation sites is 2. The smallest absolute Gasteiger partial charge is 0.232 e. The number of hydrogen-bond acceptors (Lipinski definition) is 7. The maximum absolute atomic E-state index is 12.5. The van der Waals surface area contributed by atoms with Gasteiger partial charge in [-0.25, -0.2) is 0 Å². The summed E-state index contributed by atoms with van der Waals surface area (Å²) in [5.41, 5.74) is 0. The lowest BCUT2D eigenvalue weighted by Gasteiger charge is -2.29. The highest BCUT2D eigenvalue weighted by molar-refractivity contribution is 7.99. The summed E-state index contributed by atoms with van der Waals surface area (Å²) >= 11 is 1.34. The Labute approximate surface area is 166 Å². The third-order valence-electron chi connectivity index (χ3n) is 4.37. The molecule has 1 aliphatic rings. The van der Waals surface area contributed by atoms with Gasteiger partial charge in [-0.3, -0.25) is 4.79 Å². The first-order valence-electron chi connectivity index (χ1n) is 8.80. The summed E-state index contributed by atoms with van der Waals surface area (Å²) in [5, 5.41) is 8.93. The fourth-order valence-electron chi connectivity index (χ4n) is 2.86. The maximum atomic E-state index is 12.5. The van der Waals surface area contributed by atoms with Crippen molar-refractivity contribution >= 4 is 17.7 Å². The monoisotopic (exact) mass is 400 g/mol. The molecular weight excluding hydrogens is 380 g/mol. The minimum Gasteiger partial charge on any atom is -0.486 e. The molecule has 0 radical (unpaired) electrons. The molecule has 9 heteroatoms. The van der Waals surface area contributed by atoms with Crippen LogP contribution in [0.4, 0.5) is 0 Å². The van der Waals surface area contributed by atoms with Crippen LogP contribution in [0, 0.1) is 0 Å². The predicted octanol–water partition coefficient (Wildman–Crippen LogP) is 2.47. The minimum absolute atomic E-state index is 0.0185. The molecule has 28 heavy (non-hydrogen) atoms. The number of likely N-dealkylation sites (N-methyl/N-ethyl adjacent to an activating group) is 1. The van der Waals surface area contributed by atoms with E-state index < -0.39 is 0 Å². The van der Waals surface area contributed by atoms with E-state index in [0.717, 1.165) is 5.75 Å². The zero-order valence-corrected chi connectivity index (χ0v) is 16.4. The summed E-state index contributed by atoms with van der Waals surface area (Å²) in [4.78, 5) is 14.2. The molecule has 0 unspecified atom stereocenters. The van der Waals surface area contributed by atoms with Crippen LogP contribution < -0.4 is 9.47 Å². The molecule has 1 aliphatic heterocycles. The molecular formula is C19H20N4O4S. The Morgan fingerprint density at radius 3 is 2.86 bits per heavy atom. The fourth-order valence-corrected chi connectivity index (χ4v) is 3.71. The van der Waals surface area contributed by atoms with Gasteiger partial charge in [0.2, 0.25) is 5.91 Å². The van der Waals surface area contributed by atoms with Crippen LogP contribution in [0.2, 0.25) is 0 Å². The van der Waals surface area contributed by atoms with Gasteiger partial charge < -0.3 is 23.4 Å². The zero-order valence-electron chi connectivity index (χ0n) is 15.6. The number of rotatable bonds is 6. The molecule has 0 N–H and O–H groups in total. The highest BCUT2D eigenvalue weighted by atomic mass is 32.2. The van der Waals surface area contributed by atoms with E-state index in [9.17, 15) is 4.79 Å². The number of furan rings is 1. The molecule has 1 aromatic carbocycles. The minimum atomic E-state index is -0.200. The highest BCUT2D eigenvalue weighted by Crippen LogP contribution is 2.31. The molecule has 0 saturated carbocycles. The van der Waals surface area contributed by atoms with E-state index in [1.54, 1.807) is 24.3 Å². The Hall–Kier alpha value is -2.94. The second-order valence-electron chi connectivity index (χ2n) is 6.40. The van der Waals surface area contributed by atoms with Gasteiger partial charge >= 0.3 is 0 Å². The second kappa shape index (κ2) is 7.97. The van der Waals surface area contributed by atoms with Gasteiger partial charge in [-0.15, -0.1) is 10.2 Å². The van der Waals surface area contributed by atoms with Crippen molar-refractivity contribution in [3.8, 4) is 23.1 Å². The Balaban J connectivity index is 1.31. The molecule has 0 bridgehead atoms. The molecule has 146 valence electrons. The first-order chi connectivity index (χ1) is 13.6. The van der Waals surface area contributed by atoms with Crippen molar-refractivity contribution in [3.63, 3.8) is 0 Å². The predicted molar refractivity (Wildman–Crippen MR) is 103 cm³/mol.